The zero-order chi connectivity index (χ0) is 13.9. The molecule has 0 aliphatic rings. The van der Waals surface area contributed by atoms with Gasteiger partial charge in [0.25, 0.3) is 0 Å². The van der Waals surface area contributed by atoms with E-state index in [4.69, 9.17) is 15.2 Å². The number of benzene rings is 1. The summed E-state index contributed by atoms with van der Waals surface area (Å²) in [5, 5.41) is 0. The minimum absolute atomic E-state index is 0.0987. The second kappa shape index (κ2) is 5.58. The van der Waals surface area contributed by atoms with Crippen molar-refractivity contribution < 1.29 is 17.9 Å². The zero-order valence-electron chi connectivity index (χ0n) is 11.1. The van der Waals surface area contributed by atoms with Gasteiger partial charge in [0.05, 0.1) is 14.2 Å². The third kappa shape index (κ3) is 3.36. The topological polar surface area (TPSA) is 78.6 Å². The Kier molecular flexibility index (Phi) is 4.59. The van der Waals surface area contributed by atoms with E-state index in [0.29, 0.717) is 17.9 Å². The summed E-state index contributed by atoms with van der Waals surface area (Å²) >= 11 is 0. The molecule has 1 rings (SSSR count). The van der Waals surface area contributed by atoms with Gasteiger partial charge in [-0.1, -0.05) is 0 Å². The Morgan fingerprint density at radius 1 is 1.28 bits per heavy atom. The Hall–Kier alpha value is -1.27. The van der Waals surface area contributed by atoms with E-state index in [9.17, 15) is 8.42 Å². The molecular weight excluding hydrogens is 254 g/mol. The van der Waals surface area contributed by atoms with E-state index in [2.05, 4.69) is 0 Å². The summed E-state index contributed by atoms with van der Waals surface area (Å²) in [5.41, 5.74) is 6.48. The fourth-order valence-electron chi connectivity index (χ4n) is 1.76. The molecule has 0 bridgehead atoms. The van der Waals surface area contributed by atoms with Crippen LogP contribution >= 0.6 is 0 Å². The third-order valence-electron chi connectivity index (χ3n) is 2.49. The van der Waals surface area contributed by atoms with Crippen LogP contribution in [0.15, 0.2) is 17.0 Å². The van der Waals surface area contributed by atoms with Crippen molar-refractivity contribution in [3.8, 4) is 11.5 Å². The van der Waals surface area contributed by atoms with Gasteiger partial charge in [-0.05, 0) is 19.4 Å². The van der Waals surface area contributed by atoms with Crippen molar-refractivity contribution in [2.24, 2.45) is 5.73 Å². The predicted molar refractivity (Wildman–Crippen MR) is 70.0 cm³/mol. The minimum Gasteiger partial charge on any atom is -0.497 e. The van der Waals surface area contributed by atoms with Crippen molar-refractivity contribution in [2.45, 2.75) is 24.3 Å². The summed E-state index contributed by atoms with van der Waals surface area (Å²) in [6, 6.07) is 3.11. The highest BCUT2D eigenvalue weighted by molar-refractivity contribution is 7.90. The lowest BCUT2D eigenvalue weighted by molar-refractivity contribution is 0.386. The van der Waals surface area contributed by atoms with Gasteiger partial charge >= 0.3 is 0 Å². The number of ether oxygens (including phenoxy) is 2. The second-order valence-corrected chi connectivity index (χ2v) is 6.26. The quantitative estimate of drug-likeness (QED) is 0.865. The number of sulfone groups is 1. The van der Waals surface area contributed by atoms with E-state index in [1.54, 1.807) is 6.07 Å². The van der Waals surface area contributed by atoms with Gasteiger partial charge in [-0.25, -0.2) is 8.42 Å². The summed E-state index contributed by atoms with van der Waals surface area (Å²) in [7, 11) is -0.447. The van der Waals surface area contributed by atoms with E-state index in [0.717, 1.165) is 11.8 Å². The highest BCUT2D eigenvalue weighted by atomic mass is 32.2. The average molecular weight is 273 g/mol. The molecular formula is C12H19NO4S. The highest BCUT2D eigenvalue weighted by Crippen LogP contribution is 2.33. The van der Waals surface area contributed by atoms with Crippen LogP contribution in [0.5, 0.6) is 11.5 Å². The van der Waals surface area contributed by atoms with Crippen molar-refractivity contribution >= 4 is 9.84 Å². The third-order valence-corrected chi connectivity index (χ3v) is 3.59. The van der Waals surface area contributed by atoms with Gasteiger partial charge in [0.15, 0.2) is 9.84 Å². The van der Waals surface area contributed by atoms with Gasteiger partial charge in [0, 0.05) is 23.9 Å². The van der Waals surface area contributed by atoms with Crippen LogP contribution in [0.1, 0.15) is 12.5 Å². The summed E-state index contributed by atoms with van der Waals surface area (Å²) in [6.07, 6.45) is 1.66. The van der Waals surface area contributed by atoms with Crippen LogP contribution in [-0.4, -0.2) is 34.9 Å². The van der Waals surface area contributed by atoms with E-state index < -0.39 is 9.84 Å². The molecule has 5 nitrogen and oxygen atoms in total. The number of hydrogen-bond acceptors (Lipinski definition) is 5. The van der Waals surface area contributed by atoms with Crippen molar-refractivity contribution in [1.82, 2.24) is 0 Å². The fourth-order valence-corrected chi connectivity index (χ4v) is 2.64. The largest absolute Gasteiger partial charge is 0.497 e. The van der Waals surface area contributed by atoms with Crippen molar-refractivity contribution in [3.63, 3.8) is 0 Å². The molecule has 0 saturated carbocycles. The average Bonchev–Trinajstić information content (AvgIpc) is 2.25. The first-order valence-electron chi connectivity index (χ1n) is 5.50. The maximum atomic E-state index is 11.8. The normalized spacial score (nSPS) is 13.2. The Morgan fingerprint density at radius 3 is 2.28 bits per heavy atom. The van der Waals surface area contributed by atoms with Crippen LogP contribution in [0.4, 0.5) is 0 Å². The Balaban J connectivity index is 3.50. The molecule has 18 heavy (non-hydrogen) atoms. The molecule has 0 saturated heterocycles. The fraction of sp³-hybridized carbons (Fsp3) is 0.500. The molecule has 0 spiro atoms. The molecule has 0 aliphatic heterocycles. The van der Waals surface area contributed by atoms with Gasteiger partial charge in [-0.3, -0.25) is 0 Å². The van der Waals surface area contributed by atoms with Crippen LogP contribution in [0, 0.1) is 0 Å². The smallest absolute Gasteiger partial charge is 0.179 e. The lowest BCUT2D eigenvalue weighted by Crippen LogP contribution is -2.19. The standard InChI is InChI=1S/C12H19NO4S/c1-8(13)5-9-6-10(16-2)7-11(12(9)17-3)18(4,14)15/h6-8H,5,13H2,1-4H3. The van der Waals surface area contributed by atoms with Crippen LogP contribution in [0.25, 0.3) is 0 Å². The molecule has 0 aromatic heterocycles. The summed E-state index contributed by atoms with van der Waals surface area (Å²) in [6.45, 7) is 1.85. The van der Waals surface area contributed by atoms with Crippen LogP contribution in [0.3, 0.4) is 0 Å². The van der Waals surface area contributed by atoms with E-state index in [1.807, 2.05) is 6.92 Å². The molecule has 0 radical (unpaired) electrons. The van der Waals surface area contributed by atoms with Crippen LogP contribution < -0.4 is 15.2 Å². The molecule has 6 heteroatoms. The van der Waals surface area contributed by atoms with Gasteiger partial charge in [-0.2, -0.15) is 0 Å². The summed E-state index contributed by atoms with van der Waals surface area (Å²) in [4.78, 5) is 0.125. The molecule has 102 valence electrons. The first-order valence-corrected chi connectivity index (χ1v) is 7.39. The van der Waals surface area contributed by atoms with Crippen LogP contribution in [0.2, 0.25) is 0 Å². The maximum Gasteiger partial charge on any atom is 0.179 e. The Labute approximate surface area is 108 Å². The number of methoxy groups -OCH3 is 2. The van der Waals surface area contributed by atoms with E-state index in [-0.39, 0.29) is 10.9 Å². The van der Waals surface area contributed by atoms with E-state index >= 15 is 0 Å². The molecule has 1 aromatic rings. The highest BCUT2D eigenvalue weighted by Gasteiger charge is 2.20. The first-order chi connectivity index (χ1) is 8.29. The van der Waals surface area contributed by atoms with Crippen molar-refractivity contribution in [2.75, 3.05) is 20.5 Å². The Bertz CT molecular complexity index is 523. The SMILES string of the molecule is COc1cc(CC(C)N)c(OC)c(S(C)(=O)=O)c1. The lowest BCUT2D eigenvalue weighted by atomic mass is 10.1. The predicted octanol–water partition coefficient (Wildman–Crippen LogP) is 0.997. The molecule has 1 atom stereocenters. The second-order valence-electron chi connectivity index (χ2n) is 4.27. The van der Waals surface area contributed by atoms with Crippen molar-refractivity contribution in [1.29, 1.82) is 0 Å². The molecule has 1 unspecified atom stereocenters. The lowest BCUT2D eigenvalue weighted by Gasteiger charge is -2.15. The maximum absolute atomic E-state index is 11.8. The van der Waals surface area contributed by atoms with Gasteiger partial charge < -0.3 is 15.2 Å². The molecule has 0 aliphatic carbocycles. The van der Waals surface area contributed by atoms with Crippen molar-refractivity contribution in [3.05, 3.63) is 17.7 Å². The molecule has 0 heterocycles. The molecule has 2 N–H and O–H groups in total. The van der Waals surface area contributed by atoms with Gasteiger partial charge in [0.1, 0.15) is 16.4 Å². The molecule has 0 fully saturated rings. The molecule has 1 aromatic carbocycles. The number of nitrogens with two attached hydrogens (primary N) is 1. The number of rotatable bonds is 5. The Morgan fingerprint density at radius 2 is 1.89 bits per heavy atom. The molecule has 0 amide bonds. The first kappa shape index (κ1) is 14.8. The summed E-state index contributed by atoms with van der Waals surface area (Å²) in [5.74, 6) is 0.822. The monoisotopic (exact) mass is 273 g/mol. The number of hydrogen-bond donors (Lipinski definition) is 1. The van der Waals surface area contributed by atoms with Crippen LogP contribution in [-0.2, 0) is 16.3 Å². The summed E-state index contributed by atoms with van der Waals surface area (Å²) < 4.78 is 33.8. The minimum atomic E-state index is -3.38. The zero-order valence-corrected chi connectivity index (χ0v) is 11.9. The van der Waals surface area contributed by atoms with Gasteiger partial charge in [-0.15, -0.1) is 0 Å². The van der Waals surface area contributed by atoms with E-state index in [1.165, 1.54) is 20.3 Å². The van der Waals surface area contributed by atoms with Gasteiger partial charge in [0.2, 0.25) is 0 Å².